The zero-order valence-corrected chi connectivity index (χ0v) is 10.6. The van der Waals surface area contributed by atoms with Gasteiger partial charge < -0.3 is 4.74 Å². The van der Waals surface area contributed by atoms with Gasteiger partial charge in [0.1, 0.15) is 0 Å². The summed E-state index contributed by atoms with van der Waals surface area (Å²) in [6.45, 7) is 2.16. The van der Waals surface area contributed by atoms with E-state index in [2.05, 4.69) is 31.2 Å². The van der Waals surface area contributed by atoms with Gasteiger partial charge in [-0.2, -0.15) is 0 Å². The van der Waals surface area contributed by atoms with Crippen molar-refractivity contribution in [3.8, 4) is 0 Å². The van der Waals surface area contributed by atoms with Gasteiger partial charge in [-0.25, -0.2) is 0 Å². The Kier molecular flexibility index (Phi) is 1.93. The van der Waals surface area contributed by atoms with Crippen LogP contribution in [0.5, 0.6) is 0 Å². The predicted molar refractivity (Wildman–Crippen MR) is 68.0 cm³/mol. The molecule has 4 rings (SSSR count). The summed E-state index contributed by atoms with van der Waals surface area (Å²) in [5, 5.41) is 0. The van der Waals surface area contributed by atoms with Crippen molar-refractivity contribution < 1.29 is 14.3 Å². The number of carbonyl (C=O) groups excluding carboxylic acids is 2. The number of fused-ring (bicyclic) bond motifs is 5. The van der Waals surface area contributed by atoms with E-state index in [1.54, 1.807) is 0 Å². The monoisotopic (exact) mass is 254 g/mol. The quantitative estimate of drug-likeness (QED) is 0.438. The van der Waals surface area contributed by atoms with Gasteiger partial charge in [0, 0.05) is 17.3 Å². The standard InChI is InChI=1S/C16H14O3/c1-16(9-5-3-2-4-6-9)10-7-8-11(16)13-12(10)14(17)19-15(13)18/h2-8,10-13H,1H3/t10-,11+,12-,13+,16?. The SMILES string of the molecule is CC1(c2ccccc2)[C@@H]2C=C[C@H]1[C@@H]1C(=O)OC(=O)[C@@H]12. The molecule has 3 aliphatic rings. The fraction of sp³-hybridized carbons (Fsp3) is 0.375. The van der Waals surface area contributed by atoms with Gasteiger partial charge in [-0.1, -0.05) is 49.4 Å². The largest absolute Gasteiger partial charge is 0.393 e. The smallest absolute Gasteiger partial charge is 0.318 e. The van der Waals surface area contributed by atoms with E-state index in [0.29, 0.717) is 0 Å². The third kappa shape index (κ3) is 1.14. The average Bonchev–Trinajstić information content (AvgIpc) is 3.00. The number of hydrogen-bond acceptors (Lipinski definition) is 3. The van der Waals surface area contributed by atoms with Gasteiger partial charge in [-0.3, -0.25) is 9.59 Å². The van der Waals surface area contributed by atoms with Crippen molar-refractivity contribution in [3.63, 3.8) is 0 Å². The molecule has 2 fully saturated rings. The van der Waals surface area contributed by atoms with Gasteiger partial charge in [-0.05, 0) is 5.56 Å². The molecule has 0 aromatic heterocycles. The molecule has 19 heavy (non-hydrogen) atoms. The predicted octanol–water partition coefficient (Wildman–Crippen LogP) is 2.08. The van der Waals surface area contributed by atoms with Crippen LogP contribution in [0, 0.1) is 23.7 Å². The molecule has 1 saturated heterocycles. The number of hydrogen-bond donors (Lipinski definition) is 0. The number of esters is 2. The molecular formula is C16H14O3. The molecule has 1 aromatic carbocycles. The van der Waals surface area contributed by atoms with Crippen LogP contribution in [0.3, 0.4) is 0 Å². The molecule has 1 saturated carbocycles. The molecule has 2 aliphatic carbocycles. The average molecular weight is 254 g/mol. The molecule has 3 nitrogen and oxygen atoms in total. The van der Waals surface area contributed by atoms with E-state index in [9.17, 15) is 9.59 Å². The van der Waals surface area contributed by atoms with Crippen LogP contribution >= 0.6 is 0 Å². The van der Waals surface area contributed by atoms with Crippen molar-refractivity contribution in [2.75, 3.05) is 0 Å². The number of rotatable bonds is 1. The summed E-state index contributed by atoms with van der Waals surface area (Å²) < 4.78 is 4.82. The Balaban J connectivity index is 1.86. The fourth-order valence-corrected chi connectivity index (χ4v) is 4.30. The normalized spacial score (nSPS) is 42.6. The molecule has 0 spiro atoms. The Morgan fingerprint density at radius 1 is 0.947 bits per heavy atom. The van der Waals surface area contributed by atoms with Gasteiger partial charge in [0.2, 0.25) is 0 Å². The number of carbonyl (C=O) groups is 2. The van der Waals surface area contributed by atoms with E-state index >= 15 is 0 Å². The van der Waals surface area contributed by atoms with E-state index in [4.69, 9.17) is 4.74 Å². The molecule has 1 heterocycles. The summed E-state index contributed by atoms with van der Waals surface area (Å²) in [6, 6.07) is 10.2. The Bertz CT molecular complexity index is 572. The second kappa shape index (κ2) is 3.35. The van der Waals surface area contributed by atoms with Crippen LogP contribution in [0.25, 0.3) is 0 Å². The van der Waals surface area contributed by atoms with Gasteiger partial charge in [0.25, 0.3) is 0 Å². The highest BCUT2D eigenvalue weighted by Gasteiger charge is 2.67. The highest BCUT2D eigenvalue weighted by atomic mass is 16.6. The van der Waals surface area contributed by atoms with Gasteiger partial charge in [0.15, 0.2) is 0 Å². The number of benzene rings is 1. The maximum Gasteiger partial charge on any atom is 0.318 e. The minimum atomic E-state index is -0.339. The summed E-state index contributed by atoms with van der Waals surface area (Å²) >= 11 is 0. The van der Waals surface area contributed by atoms with Crippen molar-refractivity contribution in [1.82, 2.24) is 0 Å². The van der Waals surface area contributed by atoms with Crippen LogP contribution in [0.4, 0.5) is 0 Å². The molecule has 1 unspecified atom stereocenters. The van der Waals surface area contributed by atoms with Crippen molar-refractivity contribution in [2.45, 2.75) is 12.3 Å². The minimum absolute atomic E-state index is 0.0730. The molecule has 1 aliphatic heterocycles. The Labute approximate surface area is 111 Å². The molecule has 3 heteroatoms. The van der Waals surface area contributed by atoms with Crippen molar-refractivity contribution in [2.24, 2.45) is 23.7 Å². The molecule has 2 bridgehead atoms. The van der Waals surface area contributed by atoms with Crippen LogP contribution in [0.15, 0.2) is 42.5 Å². The summed E-state index contributed by atoms with van der Waals surface area (Å²) in [5.41, 5.74) is 1.04. The molecule has 0 N–H and O–H groups in total. The lowest BCUT2D eigenvalue weighted by Gasteiger charge is -2.32. The molecule has 0 radical (unpaired) electrons. The van der Waals surface area contributed by atoms with Crippen molar-refractivity contribution >= 4 is 11.9 Å². The van der Waals surface area contributed by atoms with Crippen LogP contribution < -0.4 is 0 Å². The van der Waals surface area contributed by atoms with E-state index in [0.717, 1.165) is 0 Å². The first-order chi connectivity index (χ1) is 9.14. The summed E-state index contributed by atoms with van der Waals surface area (Å²) in [4.78, 5) is 23.8. The van der Waals surface area contributed by atoms with E-state index in [-0.39, 0.29) is 41.0 Å². The van der Waals surface area contributed by atoms with Crippen molar-refractivity contribution in [1.29, 1.82) is 0 Å². The Hall–Kier alpha value is -1.90. The molecule has 0 amide bonds. The van der Waals surface area contributed by atoms with Crippen LogP contribution in [-0.4, -0.2) is 11.9 Å². The van der Waals surface area contributed by atoms with E-state index in [1.165, 1.54) is 5.56 Å². The topological polar surface area (TPSA) is 43.4 Å². The highest BCUT2D eigenvalue weighted by Crippen LogP contribution is 2.62. The number of allylic oxidation sites excluding steroid dienone is 2. The Morgan fingerprint density at radius 3 is 2.00 bits per heavy atom. The van der Waals surface area contributed by atoms with Crippen LogP contribution in [0.1, 0.15) is 12.5 Å². The number of cyclic esters (lactones) is 2. The van der Waals surface area contributed by atoms with Crippen molar-refractivity contribution in [3.05, 3.63) is 48.0 Å². The lowest BCUT2D eigenvalue weighted by molar-refractivity contribution is -0.155. The lowest BCUT2D eigenvalue weighted by Crippen LogP contribution is -2.32. The third-order valence-electron chi connectivity index (χ3n) is 5.21. The third-order valence-corrected chi connectivity index (χ3v) is 5.21. The first-order valence-corrected chi connectivity index (χ1v) is 6.63. The first kappa shape index (κ1) is 11.0. The zero-order valence-electron chi connectivity index (χ0n) is 10.6. The lowest BCUT2D eigenvalue weighted by atomic mass is 9.71. The molecule has 1 aromatic rings. The van der Waals surface area contributed by atoms with Gasteiger partial charge in [0.05, 0.1) is 11.8 Å². The zero-order chi connectivity index (χ0) is 13.2. The summed E-state index contributed by atoms with van der Waals surface area (Å²) in [7, 11) is 0. The second-order valence-corrected chi connectivity index (χ2v) is 5.88. The summed E-state index contributed by atoms with van der Waals surface area (Å²) in [5.74, 6) is -1.10. The van der Waals surface area contributed by atoms with E-state index < -0.39 is 0 Å². The van der Waals surface area contributed by atoms with Gasteiger partial charge >= 0.3 is 11.9 Å². The maximum atomic E-state index is 11.9. The molecule has 5 atom stereocenters. The second-order valence-electron chi connectivity index (χ2n) is 5.88. The fourth-order valence-electron chi connectivity index (χ4n) is 4.30. The number of ether oxygens (including phenoxy) is 1. The first-order valence-electron chi connectivity index (χ1n) is 6.63. The van der Waals surface area contributed by atoms with Crippen LogP contribution in [0.2, 0.25) is 0 Å². The van der Waals surface area contributed by atoms with Gasteiger partial charge in [-0.15, -0.1) is 0 Å². The molecular weight excluding hydrogens is 240 g/mol. The minimum Gasteiger partial charge on any atom is -0.393 e. The van der Waals surface area contributed by atoms with E-state index in [1.807, 2.05) is 18.2 Å². The van der Waals surface area contributed by atoms with Crippen LogP contribution in [-0.2, 0) is 19.7 Å². The highest BCUT2D eigenvalue weighted by molar-refractivity contribution is 5.98. The maximum absolute atomic E-state index is 11.9. The Morgan fingerprint density at radius 2 is 1.47 bits per heavy atom. The summed E-state index contributed by atoms with van der Waals surface area (Å²) in [6.07, 6.45) is 4.19. The molecule has 96 valence electrons.